The molecule has 0 fully saturated rings. The van der Waals surface area contributed by atoms with Crippen LogP contribution in [0, 0.1) is 5.82 Å². The first-order chi connectivity index (χ1) is 7.96. The molecule has 0 bridgehead atoms. The number of benzene rings is 1. The van der Waals surface area contributed by atoms with E-state index in [-0.39, 0.29) is 5.02 Å². The van der Waals surface area contributed by atoms with Crippen LogP contribution in [0.3, 0.4) is 0 Å². The van der Waals surface area contributed by atoms with Crippen molar-refractivity contribution in [3.8, 4) is 0 Å². The van der Waals surface area contributed by atoms with E-state index in [0.29, 0.717) is 22.9 Å². The van der Waals surface area contributed by atoms with Crippen LogP contribution in [0.2, 0.25) is 5.02 Å². The van der Waals surface area contributed by atoms with Gasteiger partial charge in [0.1, 0.15) is 5.82 Å². The predicted molar refractivity (Wildman–Crippen MR) is 72.8 cm³/mol. The van der Waals surface area contributed by atoms with E-state index < -0.39 is 11.4 Å². The lowest BCUT2D eigenvalue weighted by molar-refractivity contribution is 0.0136. The minimum absolute atomic E-state index is 0.0353. The minimum atomic E-state index is -1.11. The second-order valence-electron chi connectivity index (χ2n) is 4.25. The summed E-state index contributed by atoms with van der Waals surface area (Å²) in [7, 11) is 0. The van der Waals surface area contributed by atoms with Gasteiger partial charge in [-0.3, -0.25) is 0 Å². The summed E-state index contributed by atoms with van der Waals surface area (Å²) in [6.45, 7) is 3.94. The Morgan fingerprint density at radius 1 is 1.29 bits per heavy atom. The predicted octanol–water partition coefficient (Wildman–Crippen LogP) is 5.03. The van der Waals surface area contributed by atoms with Gasteiger partial charge in [-0.15, -0.1) is 0 Å². The van der Waals surface area contributed by atoms with E-state index in [9.17, 15) is 9.50 Å². The SMILES string of the molecule is CCCC(O)(CCC)c1ccc(Br)c(Cl)c1F. The van der Waals surface area contributed by atoms with E-state index in [1.165, 1.54) is 0 Å². The molecule has 17 heavy (non-hydrogen) atoms. The molecule has 0 aliphatic heterocycles. The molecule has 1 aromatic rings. The van der Waals surface area contributed by atoms with Crippen molar-refractivity contribution in [2.45, 2.75) is 45.1 Å². The Morgan fingerprint density at radius 3 is 2.29 bits per heavy atom. The van der Waals surface area contributed by atoms with Gasteiger partial charge >= 0.3 is 0 Å². The summed E-state index contributed by atoms with van der Waals surface area (Å²) in [5.41, 5.74) is -0.813. The molecular formula is C13H17BrClFO. The van der Waals surface area contributed by atoms with Crippen molar-refractivity contribution in [2.24, 2.45) is 0 Å². The maximum atomic E-state index is 14.1. The number of halogens is 3. The largest absolute Gasteiger partial charge is 0.385 e. The van der Waals surface area contributed by atoms with Crippen molar-refractivity contribution in [1.29, 1.82) is 0 Å². The van der Waals surface area contributed by atoms with Crippen molar-refractivity contribution >= 4 is 27.5 Å². The van der Waals surface area contributed by atoms with Crippen molar-refractivity contribution in [1.82, 2.24) is 0 Å². The molecule has 96 valence electrons. The highest BCUT2D eigenvalue weighted by Gasteiger charge is 2.31. The van der Waals surface area contributed by atoms with Gasteiger partial charge in [0.15, 0.2) is 0 Å². The van der Waals surface area contributed by atoms with Crippen molar-refractivity contribution in [3.05, 3.63) is 33.0 Å². The molecule has 0 aromatic heterocycles. The second kappa shape index (κ2) is 6.17. The normalized spacial score (nSPS) is 11.9. The highest BCUT2D eigenvalue weighted by atomic mass is 79.9. The van der Waals surface area contributed by atoms with Crippen LogP contribution in [0.25, 0.3) is 0 Å². The molecule has 0 spiro atoms. The Kier molecular flexibility index (Phi) is 5.42. The van der Waals surface area contributed by atoms with Crippen LogP contribution in [0.4, 0.5) is 4.39 Å². The molecule has 1 N–H and O–H groups in total. The first-order valence-electron chi connectivity index (χ1n) is 5.82. The summed E-state index contributed by atoms with van der Waals surface area (Å²) in [5, 5.41) is 10.6. The second-order valence-corrected chi connectivity index (χ2v) is 5.49. The van der Waals surface area contributed by atoms with Crippen molar-refractivity contribution < 1.29 is 9.50 Å². The minimum Gasteiger partial charge on any atom is -0.385 e. The molecule has 0 atom stereocenters. The Labute approximate surface area is 115 Å². The fraction of sp³-hybridized carbons (Fsp3) is 0.538. The van der Waals surface area contributed by atoms with Gasteiger partial charge < -0.3 is 5.11 Å². The Bertz CT molecular complexity index is 389. The van der Waals surface area contributed by atoms with Crippen LogP contribution in [0.15, 0.2) is 16.6 Å². The molecular weight excluding hydrogens is 306 g/mol. The van der Waals surface area contributed by atoms with E-state index in [4.69, 9.17) is 11.6 Å². The summed E-state index contributed by atoms with van der Waals surface area (Å²) < 4.78 is 14.6. The van der Waals surface area contributed by atoms with Crippen molar-refractivity contribution in [2.75, 3.05) is 0 Å². The molecule has 1 nitrogen and oxygen atoms in total. The van der Waals surface area contributed by atoms with E-state index in [1.807, 2.05) is 13.8 Å². The molecule has 0 unspecified atom stereocenters. The molecule has 1 aromatic carbocycles. The highest BCUT2D eigenvalue weighted by Crippen LogP contribution is 2.37. The highest BCUT2D eigenvalue weighted by molar-refractivity contribution is 9.10. The summed E-state index contributed by atoms with van der Waals surface area (Å²) in [5.74, 6) is -0.523. The van der Waals surface area contributed by atoms with Crippen LogP contribution >= 0.6 is 27.5 Å². The fourth-order valence-electron chi connectivity index (χ4n) is 2.11. The Hall–Kier alpha value is -0.120. The summed E-state index contributed by atoms with van der Waals surface area (Å²) >= 11 is 9.03. The Balaban J connectivity index is 3.24. The molecule has 0 heterocycles. The third kappa shape index (κ3) is 3.21. The van der Waals surface area contributed by atoms with Gasteiger partial charge in [0, 0.05) is 10.0 Å². The van der Waals surface area contributed by atoms with Gasteiger partial charge in [0.25, 0.3) is 0 Å². The molecule has 0 aliphatic rings. The standard InChI is InChI=1S/C13H17BrClFO/c1-3-7-13(17,8-4-2)9-5-6-10(14)11(15)12(9)16/h5-6,17H,3-4,7-8H2,1-2H3. The molecule has 4 heteroatoms. The van der Waals surface area contributed by atoms with Gasteiger partial charge in [0.2, 0.25) is 0 Å². The first kappa shape index (κ1) is 14.9. The summed E-state index contributed by atoms with van der Waals surface area (Å²) in [6.07, 6.45) is 2.67. The zero-order chi connectivity index (χ0) is 13.1. The smallest absolute Gasteiger partial charge is 0.149 e. The lowest BCUT2D eigenvalue weighted by atomic mass is 9.85. The van der Waals surface area contributed by atoms with Gasteiger partial charge in [-0.05, 0) is 34.8 Å². The lowest BCUT2D eigenvalue weighted by Crippen LogP contribution is -2.26. The van der Waals surface area contributed by atoms with E-state index in [2.05, 4.69) is 15.9 Å². The average molecular weight is 324 g/mol. The van der Waals surface area contributed by atoms with Gasteiger partial charge in [-0.1, -0.05) is 44.4 Å². The maximum absolute atomic E-state index is 14.1. The molecule has 0 radical (unpaired) electrons. The fourth-order valence-corrected chi connectivity index (χ4v) is 2.58. The quantitative estimate of drug-likeness (QED) is 0.754. The van der Waals surface area contributed by atoms with Crippen LogP contribution in [-0.4, -0.2) is 5.11 Å². The van der Waals surface area contributed by atoms with E-state index in [0.717, 1.165) is 12.8 Å². The van der Waals surface area contributed by atoms with E-state index in [1.54, 1.807) is 12.1 Å². The van der Waals surface area contributed by atoms with Crippen LogP contribution < -0.4 is 0 Å². The first-order valence-corrected chi connectivity index (χ1v) is 6.99. The number of hydrogen-bond acceptors (Lipinski definition) is 1. The zero-order valence-electron chi connectivity index (χ0n) is 10.1. The number of rotatable bonds is 5. The van der Waals surface area contributed by atoms with Gasteiger partial charge in [-0.25, -0.2) is 4.39 Å². The molecule has 0 saturated carbocycles. The molecule has 0 amide bonds. The van der Waals surface area contributed by atoms with Crippen LogP contribution in [0.1, 0.15) is 45.1 Å². The third-order valence-corrected chi connectivity index (χ3v) is 4.12. The van der Waals surface area contributed by atoms with Crippen LogP contribution in [-0.2, 0) is 5.60 Å². The van der Waals surface area contributed by atoms with E-state index >= 15 is 0 Å². The van der Waals surface area contributed by atoms with Gasteiger partial charge in [0.05, 0.1) is 10.6 Å². The molecule has 0 saturated heterocycles. The lowest BCUT2D eigenvalue weighted by Gasteiger charge is -2.29. The van der Waals surface area contributed by atoms with Crippen LogP contribution in [0.5, 0.6) is 0 Å². The zero-order valence-corrected chi connectivity index (χ0v) is 12.4. The third-order valence-electron chi connectivity index (χ3n) is 2.86. The number of aliphatic hydroxyl groups is 1. The molecule has 1 rings (SSSR count). The Morgan fingerprint density at radius 2 is 1.82 bits per heavy atom. The summed E-state index contributed by atoms with van der Waals surface area (Å²) in [4.78, 5) is 0. The monoisotopic (exact) mass is 322 g/mol. The topological polar surface area (TPSA) is 20.2 Å². The maximum Gasteiger partial charge on any atom is 0.149 e. The van der Waals surface area contributed by atoms with Gasteiger partial charge in [-0.2, -0.15) is 0 Å². The summed E-state index contributed by atoms with van der Waals surface area (Å²) in [6, 6.07) is 3.29. The average Bonchev–Trinajstić information content (AvgIpc) is 2.26. The van der Waals surface area contributed by atoms with Crippen molar-refractivity contribution in [3.63, 3.8) is 0 Å². The number of hydrogen-bond donors (Lipinski definition) is 1. The molecule has 0 aliphatic carbocycles.